The molecule has 0 aliphatic heterocycles. The van der Waals surface area contributed by atoms with Crippen molar-refractivity contribution in [2.45, 2.75) is 46.5 Å². The minimum absolute atomic E-state index is 0.0353. The fraction of sp³-hybridized carbons (Fsp3) is 0.611. The Morgan fingerprint density at radius 3 is 2.24 bits per heavy atom. The summed E-state index contributed by atoms with van der Waals surface area (Å²) in [6, 6.07) is 7.92. The summed E-state index contributed by atoms with van der Waals surface area (Å²) < 4.78 is 0. The van der Waals surface area contributed by atoms with Crippen molar-refractivity contribution in [2.75, 3.05) is 26.2 Å². The number of unbranched alkanes of at least 4 members (excludes halogenated alkanes) is 1. The van der Waals surface area contributed by atoms with Gasteiger partial charge in [0, 0.05) is 12.1 Å². The molecule has 1 N–H and O–H groups in total. The number of carbonyl (C=O) groups excluding carboxylic acids is 1. The number of hydrogen-bond donors (Lipinski definition) is 1. The summed E-state index contributed by atoms with van der Waals surface area (Å²) in [7, 11) is 0. The molecule has 118 valence electrons. The van der Waals surface area contributed by atoms with Crippen molar-refractivity contribution >= 4 is 5.91 Å². The van der Waals surface area contributed by atoms with Crippen LogP contribution in [0.15, 0.2) is 24.3 Å². The number of nitrogens with one attached hydrogen (secondary N) is 1. The lowest BCUT2D eigenvalue weighted by atomic mass is 10.0. The van der Waals surface area contributed by atoms with Crippen LogP contribution in [0.3, 0.4) is 0 Å². The molecule has 0 fully saturated rings. The van der Waals surface area contributed by atoms with Crippen LogP contribution in [0.2, 0.25) is 0 Å². The summed E-state index contributed by atoms with van der Waals surface area (Å²) in [5, 5.41) is 3.00. The molecule has 0 unspecified atom stereocenters. The fourth-order valence-electron chi connectivity index (χ4n) is 2.32. The second kappa shape index (κ2) is 9.56. The maximum absolute atomic E-state index is 12.0. The molecule has 3 nitrogen and oxygen atoms in total. The van der Waals surface area contributed by atoms with E-state index in [1.807, 2.05) is 24.3 Å². The van der Waals surface area contributed by atoms with E-state index in [4.69, 9.17) is 0 Å². The fourth-order valence-corrected chi connectivity index (χ4v) is 2.32. The van der Waals surface area contributed by atoms with Gasteiger partial charge in [0.2, 0.25) is 0 Å². The lowest BCUT2D eigenvalue weighted by Crippen LogP contribution is -2.27. The van der Waals surface area contributed by atoms with Crippen LogP contribution < -0.4 is 5.32 Å². The molecule has 1 amide bonds. The zero-order valence-electron chi connectivity index (χ0n) is 14.0. The van der Waals surface area contributed by atoms with E-state index in [2.05, 4.69) is 37.9 Å². The minimum Gasteiger partial charge on any atom is -0.352 e. The first kappa shape index (κ1) is 17.7. The zero-order valence-corrected chi connectivity index (χ0v) is 14.0. The molecule has 0 saturated carbocycles. The molecule has 0 aliphatic rings. The lowest BCUT2D eigenvalue weighted by Gasteiger charge is -2.17. The van der Waals surface area contributed by atoms with Gasteiger partial charge in [0.05, 0.1) is 0 Å². The normalized spacial score (nSPS) is 11.1. The zero-order chi connectivity index (χ0) is 15.7. The average molecular weight is 290 g/mol. The number of rotatable bonds is 9. The highest BCUT2D eigenvalue weighted by atomic mass is 16.1. The minimum atomic E-state index is 0.0353. The molecule has 0 heterocycles. The average Bonchev–Trinajstić information content (AvgIpc) is 2.50. The highest BCUT2D eigenvalue weighted by Gasteiger charge is 2.06. The molecular formula is C18H30N2O. The third-order valence-corrected chi connectivity index (χ3v) is 3.92. The van der Waals surface area contributed by atoms with Gasteiger partial charge in [0.25, 0.3) is 5.91 Å². The van der Waals surface area contributed by atoms with E-state index in [0.29, 0.717) is 5.92 Å². The summed E-state index contributed by atoms with van der Waals surface area (Å²) in [6.07, 6.45) is 2.17. The highest BCUT2D eigenvalue weighted by molar-refractivity contribution is 5.94. The standard InChI is InChI=1S/C18H30N2O/c1-5-20(6-2)14-8-7-13-19-18(21)17-11-9-16(10-12-17)15(3)4/h9-12,15H,5-8,13-14H2,1-4H3,(H,19,21). The van der Waals surface area contributed by atoms with Crippen LogP contribution >= 0.6 is 0 Å². The summed E-state index contributed by atoms with van der Waals surface area (Å²) in [5.74, 6) is 0.537. The molecule has 1 aromatic rings. The SMILES string of the molecule is CCN(CC)CCCCNC(=O)c1ccc(C(C)C)cc1. The molecule has 0 saturated heterocycles. The van der Waals surface area contributed by atoms with Gasteiger partial charge in [0.1, 0.15) is 0 Å². The Balaban J connectivity index is 2.27. The molecular weight excluding hydrogens is 260 g/mol. The van der Waals surface area contributed by atoms with Gasteiger partial charge in [-0.2, -0.15) is 0 Å². The van der Waals surface area contributed by atoms with E-state index < -0.39 is 0 Å². The van der Waals surface area contributed by atoms with E-state index >= 15 is 0 Å². The second-order valence-corrected chi connectivity index (χ2v) is 5.77. The van der Waals surface area contributed by atoms with Gasteiger partial charge in [-0.05, 0) is 56.1 Å². The number of carbonyl (C=O) groups is 1. The highest BCUT2D eigenvalue weighted by Crippen LogP contribution is 2.14. The number of nitrogens with zero attached hydrogens (tertiary/aromatic N) is 1. The van der Waals surface area contributed by atoms with Crippen LogP contribution in [0.1, 0.15) is 62.4 Å². The summed E-state index contributed by atoms with van der Waals surface area (Å²) in [5.41, 5.74) is 2.02. The van der Waals surface area contributed by atoms with Gasteiger partial charge in [-0.3, -0.25) is 4.79 Å². The van der Waals surface area contributed by atoms with Gasteiger partial charge < -0.3 is 10.2 Å². The molecule has 3 heteroatoms. The van der Waals surface area contributed by atoms with Crippen LogP contribution in [0, 0.1) is 0 Å². The Labute approximate surface area is 129 Å². The number of benzene rings is 1. The summed E-state index contributed by atoms with van der Waals surface area (Å²) in [6.45, 7) is 12.8. The van der Waals surface area contributed by atoms with Crippen LogP contribution in [-0.2, 0) is 0 Å². The van der Waals surface area contributed by atoms with Crippen LogP contribution in [0.25, 0.3) is 0 Å². The Hall–Kier alpha value is -1.35. The maximum Gasteiger partial charge on any atom is 0.251 e. The molecule has 1 rings (SSSR count). The first-order chi connectivity index (χ1) is 10.1. The molecule has 0 radical (unpaired) electrons. The summed E-state index contributed by atoms with van der Waals surface area (Å²) >= 11 is 0. The Morgan fingerprint density at radius 2 is 1.71 bits per heavy atom. The summed E-state index contributed by atoms with van der Waals surface area (Å²) in [4.78, 5) is 14.4. The largest absolute Gasteiger partial charge is 0.352 e. The van der Waals surface area contributed by atoms with Gasteiger partial charge in [0.15, 0.2) is 0 Å². The van der Waals surface area contributed by atoms with Crippen molar-refractivity contribution in [1.29, 1.82) is 0 Å². The first-order valence-corrected chi connectivity index (χ1v) is 8.19. The molecule has 0 aliphatic carbocycles. The maximum atomic E-state index is 12.0. The first-order valence-electron chi connectivity index (χ1n) is 8.19. The van der Waals surface area contributed by atoms with Gasteiger partial charge in [-0.1, -0.05) is 39.8 Å². The molecule has 1 aromatic carbocycles. The van der Waals surface area contributed by atoms with Crippen molar-refractivity contribution in [1.82, 2.24) is 10.2 Å². The lowest BCUT2D eigenvalue weighted by molar-refractivity contribution is 0.0952. The van der Waals surface area contributed by atoms with Gasteiger partial charge >= 0.3 is 0 Å². The van der Waals surface area contributed by atoms with E-state index in [1.54, 1.807) is 0 Å². The van der Waals surface area contributed by atoms with Crippen molar-refractivity contribution in [3.8, 4) is 0 Å². The molecule has 0 spiro atoms. The Bertz CT molecular complexity index is 408. The van der Waals surface area contributed by atoms with E-state index in [1.165, 1.54) is 5.56 Å². The molecule has 0 bridgehead atoms. The number of hydrogen-bond acceptors (Lipinski definition) is 2. The monoisotopic (exact) mass is 290 g/mol. The van der Waals surface area contributed by atoms with E-state index in [-0.39, 0.29) is 5.91 Å². The topological polar surface area (TPSA) is 32.3 Å². The predicted molar refractivity (Wildman–Crippen MR) is 89.9 cm³/mol. The third-order valence-electron chi connectivity index (χ3n) is 3.92. The Morgan fingerprint density at radius 1 is 1.10 bits per heavy atom. The van der Waals surface area contributed by atoms with Gasteiger partial charge in [-0.25, -0.2) is 0 Å². The quantitative estimate of drug-likeness (QED) is 0.704. The molecule has 0 aromatic heterocycles. The van der Waals surface area contributed by atoms with Crippen LogP contribution in [0.5, 0.6) is 0 Å². The molecule has 0 atom stereocenters. The van der Waals surface area contributed by atoms with E-state index in [0.717, 1.165) is 44.6 Å². The third kappa shape index (κ3) is 6.30. The van der Waals surface area contributed by atoms with E-state index in [9.17, 15) is 4.79 Å². The van der Waals surface area contributed by atoms with Crippen LogP contribution in [0.4, 0.5) is 0 Å². The van der Waals surface area contributed by atoms with Crippen molar-refractivity contribution in [3.63, 3.8) is 0 Å². The Kier molecular flexibility index (Phi) is 8.06. The smallest absolute Gasteiger partial charge is 0.251 e. The number of amides is 1. The predicted octanol–water partition coefficient (Wildman–Crippen LogP) is 3.66. The second-order valence-electron chi connectivity index (χ2n) is 5.77. The van der Waals surface area contributed by atoms with Crippen LogP contribution in [-0.4, -0.2) is 37.0 Å². The van der Waals surface area contributed by atoms with Crippen molar-refractivity contribution < 1.29 is 4.79 Å². The van der Waals surface area contributed by atoms with Crippen molar-refractivity contribution in [2.24, 2.45) is 0 Å². The van der Waals surface area contributed by atoms with Crippen molar-refractivity contribution in [3.05, 3.63) is 35.4 Å². The molecule has 21 heavy (non-hydrogen) atoms. The van der Waals surface area contributed by atoms with Gasteiger partial charge in [-0.15, -0.1) is 0 Å².